The lowest BCUT2D eigenvalue weighted by molar-refractivity contribution is 0.470. The van der Waals surface area contributed by atoms with E-state index in [0.717, 1.165) is 17.8 Å². The normalized spacial score (nSPS) is 11.1. The molecule has 0 bridgehead atoms. The molecule has 1 aromatic rings. The second-order valence-corrected chi connectivity index (χ2v) is 4.63. The van der Waals surface area contributed by atoms with Crippen LogP contribution in [0, 0.1) is 0 Å². The molecule has 1 aromatic heterocycles. The first kappa shape index (κ1) is 10.5. The molecule has 0 radical (unpaired) electrons. The quantitative estimate of drug-likeness (QED) is 0.780. The van der Waals surface area contributed by atoms with Gasteiger partial charge in [0, 0.05) is 9.75 Å². The molecule has 0 aliphatic heterocycles. The summed E-state index contributed by atoms with van der Waals surface area (Å²) in [6.07, 6.45) is 0.916. The van der Waals surface area contributed by atoms with Gasteiger partial charge in [-0.25, -0.2) is 0 Å². The van der Waals surface area contributed by atoms with Crippen molar-refractivity contribution in [1.29, 1.82) is 0 Å². The smallest absolute Gasteiger partial charge is 0.129 e. The van der Waals surface area contributed by atoms with Crippen LogP contribution in [-0.2, 0) is 6.42 Å². The maximum absolute atomic E-state index is 9.59. The van der Waals surface area contributed by atoms with E-state index in [2.05, 4.69) is 19.2 Å². The van der Waals surface area contributed by atoms with Gasteiger partial charge in [-0.1, -0.05) is 13.8 Å². The Balaban J connectivity index is 2.71. The van der Waals surface area contributed by atoms with E-state index in [1.807, 2.05) is 13.1 Å². The van der Waals surface area contributed by atoms with E-state index in [0.29, 0.717) is 11.7 Å². The van der Waals surface area contributed by atoms with E-state index in [1.54, 1.807) is 11.3 Å². The predicted octanol–water partition coefficient (Wildman–Crippen LogP) is 2.34. The van der Waals surface area contributed by atoms with Gasteiger partial charge >= 0.3 is 0 Å². The number of nitrogens with one attached hydrogen (secondary N) is 1. The van der Waals surface area contributed by atoms with E-state index in [1.165, 1.54) is 4.88 Å². The van der Waals surface area contributed by atoms with Crippen molar-refractivity contribution in [3.8, 4) is 5.75 Å². The average molecular weight is 199 g/mol. The highest BCUT2D eigenvalue weighted by Gasteiger charge is 2.09. The van der Waals surface area contributed by atoms with Gasteiger partial charge in [-0.2, -0.15) is 0 Å². The summed E-state index contributed by atoms with van der Waals surface area (Å²) in [6.45, 7) is 5.21. The van der Waals surface area contributed by atoms with Crippen LogP contribution in [0.1, 0.15) is 29.5 Å². The van der Waals surface area contributed by atoms with Crippen molar-refractivity contribution in [2.45, 2.75) is 26.2 Å². The summed E-state index contributed by atoms with van der Waals surface area (Å²) >= 11 is 1.72. The minimum absolute atomic E-state index is 0.462. The number of thiophene rings is 1. The Hall–Kier alpha value is -0.540. The molecule has 0 aromatic carbocycles. The highest BCUT2D eigenvalue weighted by molar-refractivity contribution is 7.12. The van der Waals surface area contributed by atoms with Crippen molar-refractivity contribution in [2.75, 3.05) is 13.6 Å². The molecular formula is C10H17NOS. The Morgan fingerprint density at radius 3 is 2.69 bits per heavy atom. The molecule has 0 amide bonds. The molecule has 0 atom stereocenters. The van der Waals surface area contributed by atoms with E-state index in [9.17, 15) is 5.11 Å². The van der Waals surface area contributed by atoms with Crippen LogP contribution in [0.15, 0.2) is 6.07 Å². The minimum atomic E-state index is 0.462. The fourth-order valence-electron chi connectivity index (χ4n) is 1.14. The van der Waals surface area contributed by atoms with E-state index >= 15 is 0 Å². The molecule has 13 heavy (non-hydrogen) atoms. The molecule has 0 aliphatic rings. The van der Waals surface area contributed by atoms with Crippen molar-refractivity contribution < 1.29 is 5.11 Å². The molecule has 0 fully saturated rings. The number of hydrogen-bond acceptors (Lipinski definition) is 3. The Bertz CT molecular complexity index is 268. The highest BCUT2D eigenvalue weighted by Crippen LogP contribution is 2.32. The first-order chi connectivity index (χ1) is 6.15. The lowest BCUT2D eigenvalue weighted by atomic mass is 10.2. The highest BCUT2D eigenvalue weighted by atomic mass is 32.1. The molecule has 1 rings (SSSR count). The minimum Gasteiger partial charge on any atom is -0.507 e. The van der Waals surface area contributed by atoms with Gasteiger partial charge in [-0.15, -0.1) is 11.3 Å². The summed E-state index contributed by atoms with van der Waals surface area (Å²) in [7, 11) is 1.92. The largest absolute Gasteiger partial charge is 0.507 e. The molecule has 3 heteroatoms. The maximum Gasteiger partial charge on any atom is 0.129 e. The van der Waals surface area contributed by atoms with Crippen LogP contribution in [0.4, 0.5) is 0 Å². The van der Waals surface area contributed by atoms with Crippen molar-refractivity contribution in [3.63, 3.8) is 0 Å². The predicted molar refractivity (Wildman–Crippen MR) is 57.7 cm³/mol. The van der Waals surface area contributed by atoms with Gasteiger partial charge < -0.3 is 10.4 Å². The summed E-state index contributed by atoms with van der Waals surface area (Å²) < 4.78 is 0. The zero-order chi connectivity index (χ0) is 9.84. The first-order valence-electron chi connectivity index (χ1n) is 4.61. The number of rotatable bonds is 4. The van der Waals surface area contributed by atoms with Gasteiger partial charge in [0.1, 0.15) is 5.75 Å². The molecule has 1 heterocycles. The molecule has 0 unspecified atom stereocenters. The lowest BCUT2D eigenvalue weighted by Crippen LogP contribution is -2.09. The molecule has 0 saturated carbocycles. The maximum atomic E-state index is 9.59. The standard InChI is InChI=1S/C10H17NOS/c1-7(2)10-6-8(12)9(13-10)4-5-11-3/h6-7,11-12H,4-5H2,1-3H3. The van der Waals surface area contributed by atoms with Gasteiger partial charge in [0.25, 0.3) is 0 Å². The second kappa shape index (κ2) is 4.63. The van der Waals surface area contributed by atoms with Gasteiger partial charge in [0.15, 0.2) is 0 Å². The van der Waals surface area contributed by atoms with Crippen LogP contribution >= 0.6 is 11.3 Å². The van der Waals surface area contributed by atoms with Crippen molar-refractivity contribution in [2.24, 2.45) is 0 Å². The van der Waals surface area contributed by atoms with Crippen LogP contribution in [0.2, 0.25) is 0 Å². The van der Waals surface area contributed by atoms with Gasteiger partial charge in [-0.05, 0) is 32.0 Å². The Morgan fingerprint density at radius 2 is 2.23 bits per heavy atom. The Morgan fingerprint density at radius 1 is 1.54 bits per heavy atom. The van der Waals surface area contributed by atoms with Gasteiger partial charge in [0.2, 0.25) is 0 Å². The zero-order valence-corrected chi connectivity index (χ0v) is 9.24. The summed E-state index contributed by atoms with van der Waals surface area (Å²) in [6, 6.07) is 1.89. The van der Waals surface area contributed by atoms with E-state index < -0.39 is 0 Å². The SMILES string of the molecule is CNCCc1sc(C(C)C)cc1O. The summed E-state index contributed by atoms with van der Waals surface area (Å²) in [5, 5.41) is 12.7. The third kappa shape index (κ3) is 2.71. The van der Waals surface area contributed by atoms with Crippen LogP contribution in [0.5, 0.6) is 5.75 Å². The third-order valence-corrected chi connectivity index (χ3v) is 3.46. The fraction of sp³-hybridized carbons (Fsp3) is 0.600. The number of hydrogen-bond donors (Lipinski definition) is 2. The topological polar surface area (TPSA) is 32.3 Å². The van der Waals surface area contributed by atoms with Crippen LogP contribution in [0.3, 0.4) is 0 Å². The summed E-state index contributed by atoms with van der Waals surface area (Å²) in [5.74, 6) is 0.975. The fourth-order valence-corrected chi connectivity index (χ4v) is 2.20. The van der Waals surface area contributed by atoms with Gasteiger partial charge in [0.05, 0.1) is 0 Å². The molecule has 2 N–H and O–H groups in total. The molecule has 0 saturated heterocycles. The number of aromatic hydroxyl groups is 1. The van der Waals surface area contributed by atoms with Crippen molar-refractivity contribution in [3.05, 3.63) is 15.8 Å². The molecule has 0 spiro atoms. The van der Waals surface area contributed by atoms with Crippen molar-refractivity contribution in [1.82, 2.24) is 5.32 Å². The van der Waals surface area contributed by atoms with Crippen LogP contribution < -0.4 is 5.32 Å². The van der Waals surface area contributed by atoms with E-state index in [4.69, 9.17) is 0 Å². The third-order valence-electron chi connectivity index (χ3n) is 1.98. The average Bonchev–Trinajstić information content (AvgIpc) is 2.44. The number of likely N-dealkylation sites (N-methyl/N-ethyl adjacent to an activating group) is 1. The molecule has 0 aliphatic carbocycles. The first-order valence-corrected chi connectivity index (χ1v) is 5.43. The molecular weight excluding hydrogens is 182 g/mol. The monoisotopic (exact) mass is 199 g/mol. The Labute approximate surface area is 83.6 Å². The lowest BCUT2D eigenvalue weighted by Gasteiger charge is -1.98. The molecule has 2 nitrogen and oxygen atoms in total. The zero-order valence-electron chi connectivity index (χ0n) is 8.42. The van der Waals surface area contributed by atoms with Crippen molar-refractivity contribution >= 4 is 11.3 Å². The summed E-state index contributed by atoms with van der Waals surface area (Å²) in [4.78, 5) is 2.36. The van der Waals surface area contributed by atoms with Gasteiger partial charge in [-0.3, -0.25) is 0 Å². The van der Waals surface area contributed by atoms with Crippen LogP contribution in [-0.4, -0.2) is 18.7 Å². The van der Waals surface area contributed by atoms with Crippen LogP contribution in [0.25, 0.3) is 0 Å². The summed E-state index contributed by atoms with van der Waals surface area (Å²) in [5.41, 5.74) is 0. The Kier molecular flexibility index (Phi) is 3.75. The second-order valence-electron chi connectivity index (χ2n) is 3.47. The van der Waals surface area contributed by atoms with E-state index in [-0.39, 0.29) is 0 Å². The molecule has 74 valence electrons.